The van der Waals surface area contributed by atoms with Gasteiger partial charge < -0.3 is 19.3 Å². The molecule has 6 nitrogen and oxygen atoms in total. The fraction of sp³-hybridized carbons (Fsp3) is 0.263. The zero-order valence-electron chi connectivity index (χ0n) is 14.4. The van der Waals surface area contributed by atoms with Crippen molar-refractivity contribution in [3.05, 3.63) is 47.5 Å². The number of phenolic OH excluding ortho intramolecular Hbond substituents is 1. The molecule has 0 spiro atoms. The number of rotatable bonds is 8. The third-order valence-corrected chi connectivity index (χ3v) is 3.71. The van der Waals surface area contributed by atoms with Crippen LogP contribution in [0.5, 0.6) is 23.0 Å². The molecule has 0 radical (unpaired) electrons. The molecule has 0 atom stereocenters. The molecule has 0 amide bonds. The van der Waals surface area contributed by atoms with Gasteiger partial charge in [0.15, 0.2) is 17.3 Å². The maximum absolute atomic E-state index is 12.4. The van der Waals surface area contributed by atoms with Gasteiger partial charge in [0.05, 0.1) is 27.8 Å². The van der Waals surface area contributed by atoms with E-state index >= 15 is 0 Å². The molecule has 0 aliphatic rings. The highest BCUT2D eigenvalue weighted by Crippen LogP contribution is 2.30. The topological polar surface area (TPSA) is 82.1 Å². The van der Waals surface area contributed by atoms with Gasteiger partial charge in [-0.3, -0.25) is 9.59 Å². The van der Waals surface area contributed by atoms with E-state index in [1.165, 1.54) is 27.4 Å². The Morgan fingerprint density at radius 1 is 0.920 bits per heavy atom. The van der Waals surface area contributed by atoms with Gasteiger partial charge in [0.2, 0.25) is 0 Å². The maximum Gasteiger partial charge on any atom is 0.177 e. The zero-order valence-corrected chi connectivity index (χ0v) is 14.4. The second kappa shape index (κ2) is 8.19. The Morgan fingerprint density at radius 2 is 1.60 bits per heavy atom. The normalized spacial score (nSPS) is 10.2. The van der Waals surface area contributed by atoms with Crippen molar-refractivity contribution >= 4 is 11.6 Å². The van der Waals surface area contributed by atoms with E-state index in [1.807, 2.05) is 0 Å². The van der Waals surface area contributed by atoms with Crippen LogP contribution in [0.3, 0.4) is 0 Å². The van der Waals surface area contributed by atoms with Crippen molar-refractivity contribution < 1.29 is 28.9 Å². The summed E-state index contributed by atoms with van der Waals surface area (Å²) in [6.07, 6.45) is -0.260. The predicted octanol–water partition coefficient (Wildman–Crippen LogP) is 2.80. The van der Waals surface area contributed by atoms with Gasteiger partial charge in [0.1, 0.15) is 22.8 Å². The number of methoxy groups -OCH3 is 3. The summed E-state index contributed by atoms with van der Waals surface area (Å²) in [5, 5.41) is 9.88. The van der Waals surface area contributed by atoms with E-state index in [4.69, 9.17) is 14.2 Å². The molecule has 2 aromatic carbocycles. The summed E-state index contributed by atoms with van der Waals surface area (Å²) in [6.45, 7) is 0. The summed E-state index contributed by atoms with van der Waals surface area (Å²) in [5.41, 5.74) is 0.727. The van der Waals surface area contributed by atoms with Gasteiger partial charge in [0.25, 0.3) is 0 Å². The second-order valence-corrected chi connectivity index (χ2v) is 5.36. The quantitative estimate of drug-likeness (QED) is 0.586. The third-order valence-electron chi connectivity index (χ3n) is 3.71. The molecule has 0 fully saturated rings. The Kier molecular flexibility index (Phi) is 6.00. The van der Waals surface area contributed by atoms with Crippen molar-refractivity contribution in [3.8, 4) is 23.0 Å². The van der Waals surface area contributed by atoms with Crippen LogP contribution < -0.4 is 14.2 Å². The number of benzene rings is 2. The Morgan fingerprint density at radius 3 is 2.24 bits per heavy atom. The lowest BCUT2D eigenvalue weighted by Crippen LogP contribution is -2.12. The SMILES string of the molecule is COc1ccc(CC(=O)CC(=O)c2c(O)cccc2OC)cc1OC. The highest BCUT2D eigenvalue weighted by molar-refractivity contribution is 6.11. The Balaban J connectivity index is 2.12. The van der Waals surface area contributed by atoms with Crippen LogP contribution >= 0.6 is 0 Å². The van der Waals surface area contributed by atoms with E-state index in [0.717, 1.165) is 0 Å². The number of aromatic hydroxyl groups is 1. The number of hydrogen-bond acceptors (Lipinski definition) is 6. The fourth-order valence-corrected chi connectivity index (χ4v) is 2.52. The van der Waals surface area contributed by atoms with Crippen LogP contribution in [0.25, 0.3) is 0 Å². The lowest BCUT2D eigenvalue weighted by molar-refractivity contribution is -0.117. The number of carbonyl (C=O) groups is 2. The first-order chi connectivity index (χ1) is 12.0. The van der Waals surface area contributed by atoms with Gasteiger partial charge in [-0.2, -0.15) is 0 Å². The minimum atomic E-state index is -0.486. The molecule has 2 aromatic rings. The monoisotopic (exact) mass is 344 g/mol. The van der Waals surface area contributed by atoms with Crippen molar-refractivity contribution in [1.29, 1.82) is 0 Å². The molecule has 1 N–H and O–H groups in total. The number of ether oxygens (including phenoxy) is 3. The molecule has 0 aliphatic heterocycles. The second-order valence-electron chi connectivity index (χ2n) is 5.36. The fourth-order valence-electron chi connectivity index (χ4n) is 2.52. The Hall–Kier alpha value is -3.02. The van der Waals surface area contributed by atoms with E-state index < -0.39 is 5.78 Å². The molecule has 0 bridgehead atoms. The standard InChI is InChI=1S/C19H20O6/c1-23-16-8-7-12(10-18(16)25-3)9-13(20)11-15(22)19-14(21)5-4-6-17(19)24-2/h4-8,10,21H,9,11H2,1-3H3. The van der Waals surface area contributed by atoms with Gasteiger partial charge in [-0.15, -0.1) is 0 Å². The highest BCUT2D eigenvalue weighted by Gasteiger charge is 2.20. The van der Waals surface area contributed by atoms with Crippen molar-refractivity contribution in [1.82, 2.24) is 0 Å². The molecular formula is C19H20O6. The summed E-state index contributed by atoms with van der Waals surface area (Å²) in [6, 6.07) is 9.65. The van der Waals surface area contributed by atoms with Gasteiger partial charge in [-0.1, -0.05) is 12.1 Å². The molecule has 25 heavy (non-hydrogen) atoms. The van der Waals surface area contributed by atoms with E-state index in [0.29, 0.717) is 17.1 Å². The molecule has 0 heterocycles. The summed E-state index contributed by atoms with van der Waals surface area (Å²) >= 11 is 0. The average molecular weight is 344 g/mol. The van der Waals surface area contributed by atoms with Gasteiger partial charge in [-0.05, 0) is 29.8 Å². The zero-order chi connectivity index (χ0) is 18.4. The van der Waals surface area contributed by atoms with Crippen LogP contribution in [0.4, 0.5) is 0 Å². The minimum Gasteiger partial charge on any atom is -0.507 e. The van der Waals surface area contributed by atoms with E-state index in [-0.39, 0.29) is 35.7 Å². The predicted molar refractivity (Wildman–Crippen MR) is 91.9 cm³/mol. The van der Waals surface area contributed by atoms with Crippen molar-refractivity contribution in [2.75, 3.05) is 21.3 Å². The number of hydrogen-bond donors (Lipinski definition) is 1. The van der Waals surface area contributed by atoms with Crippen molar-refractivity contribution in [3.63, 3.8) is 0 Å². The van der Waals surface area contributed by atoms with Crippen molar-refractivity contribution in [2.24, 2.45) is 0 Å². The highest BCUT2D eigenvalue weighted by atomic mass is 16.5. The Labute approximate surface area is 146 Å². The molecule has 0 unspecified atom stereocenters. The molecule has 132 valence electrons. The van der Waals surface area contributed by atoms with Crippen LogP contribution in [0.2, 0.25) is 0 Å². The maximum atomic E-state index is 12.4. The first-order valence-electron chi connectivity index (χ1n) is 7.62. The van der Waals surface area contributed by atoms with Crippen LogP contribution in [0.1, 0.15) is 22.3 Å². The first kappa shape index (κ1) is 18.3. The number of phenols is 1. The van der Waals surface area contributed by atoms with Crippen molar-refractivity contribution in [2.45, 2.75) is 12.8 Å². The molecular weight excluding hydrogens is 324 g/mol. The lowest BCUT2D eigenvalue weighted by atomic mass is 10.00. The van der Waals surface area contributed by atoms with Crippen LogP contribution in [0.15, 0.2) is 36.4 Å². The number of carbonyl (C=O) groups excluding carboxylic acids is 2. The number of ketones is 2. The lowest BCUT2D eigenvalue weighted by Gasteiger charge is -2.10. The van der Waals surface area contributed by atoms with E-state index in [1.54, 1.807) is 30.3 Å². The Bertz CT molecular complexity index is 781. The van der Waals surface area contributed by atoms with Gasteiger partial charge >= 0.3 is 0 Å². The van der Waals surface area contributed by atoms with Gasteiger partial charge in [-0.25, -0.2) is 0 Å². The average Bonchev–Trinajstić information content (AvgIpc) is 2.60. The summed E-state index contributed by atoms with van der Waals surface area (Å²) in [7, 11) is 4.44. The van der Waals surface area contributed by atoms with Gasteiger partial charge in [0, 0.05) is 6.42 Å². The summed E-state index contributed by atoms with van der Waals surface area (Å²) in [5.74, 6) is 0.352. The third kappa shape index (κ3) is 4.29. The smallest absolute Gasteiger partial charge is 0.177 e. The van der Waals surface area contributed by atoms with E-state index in [9.17, 15) is 14.7 Å². The summed E-state index contributed by atoms with van der Waals surface area (Å²) in [4.78, 5) is 24.6. The van der Waals surface area contributed by atoms with Crippen LogP contribution in [0, 0.1) is 0 Å². The van der Waals surface area contributed by atoms with Crippen LogP contribution in [-0.2, 0) is 11.2 Å². The first-order valence-corrected chi connectivity index (χ1v) is 7.62. The van der Waals surface area contributed by atoms with E-state index in [2.05, 4.69) is 0 Å². The van der Waals surface area contributed by atoms with Crippen LogP contribution in [-0.4, -0.2) is 38.0 Å². The molecule has 0 aromatic heterocycles. The number of Topliss-reactive ketones (excluding diaryl/α,β-unsaturated/α-hetero) is 2. The molecule has 6 heteroatoms. The minimum absolute atomic E-state index is 0.0191. The molecule has 0 saturated carbocycles. The molecule has 0 saturated heterocycles. The summed E-state index contributed by atoms with van der Waals surface area (Å²) < 4.78 is 15.4. The molecule has 0 aliphatic carbocycles. The molecule has 2 rings (SSSR count). The largest absolute Gasteiger partial charge is 0.507 e.